The van der Waals surface area contributed by atoms with E-state index in [-0.39, 0.29) is 5.82 Å². The molecule has 0 atom stereocenters. The first-order valence-corrected chi connectivity index (χ1v) is 7.53. The van der Waals surface area contributed by atoms with Crippen molar-refractivity contribution in [2.24, 2.45) is 10.7 Å². The van der Waals surface area contributed by atoms with E-state index in [2.05, 4.69) is 9.98 Å². The van der Waals surface area contributed by atoms with Crippen LogP contribution in [0.25, 0.3) is 0 Å². The number of benzene rings is 1. The SMILES string of the molecule is CN(C(N)=NCc1cc(Oc2ccc(F)cc2)ccn1)C1CC1. The average molecular weight is 314 g/mol. The van der Waals surface area contributed by atoms with Crippen LogP contribution in [0.4, 0.5) is 4.39 Å². The molecule has 0 saturated heterocycles. The Balaban J connectivity index is 1.64. The van der Waals surface area contributed by atoms with Crippen molar-refractivity contribution in [1.29, 1.82) is 0 Å². The molecule has 3 rings (SSSR count). The zero-order chi connectivity index (χ0) is 16.2. The van der Waals surface area contributed by atoms with Crippen molar-refractivity contribution >= 4 is 5.96 Å². The fourth-order valence-electron chi connectivity index (χ4n) is 2.17. The number of pyridine rings is 1. The zero-order valence-electron chi connectivity index (χ0n) is 12.9. The second-order valence-corrected chi connectivity index (χ2v) is 5.56. The first-order chi connectivity index (χ1) is 11.1. The summed E-state index contributed by atoms with van der Waals surface area (Å²) in [6.07, 6.45) is 4.00. The van der Waals surface area contributed by atoms with Gasteiger partial charge in [0.2, 0.25) is 0 Å². The molecule has 0 unspecified atom stereocenters. The quantitative estimate of drug-likeness (QED) is 0.681. The van der Waals surface area contributed by atoms with Gasteiger partial charge in [0, 0.05) is 25.4 Å². The van der Waals surface area contributed by atoms with Gasteiger partial charge in [0.1, 0.15) is 17.3 Å². The predicted molar refractivity (Wildman–Crippen MR) is 86.8 cm³/mol. The van der Waals surface area contributed by atoms with Gasteiger partial charge < -0.3 is 15.4 Å². The fraction of sp³-hybridized carbons (Fsp3) is 0.294. The van der Waals surface area contributed by atoms with E-state index >= 15 is 0 Å². The largest absolute Gasteiger partial charge is 0.457 e. The van der Waals surface area contributed by atoms with E-state index in [1.165, 1.54) is 25.0 Å². The number of nitrogens with two attached hydrogens (primary N) is 1. The predicted octanol–water partition coefficient (Wildman–Crippen LogP) is 2.92. The van der Waals surface area contributed by atoms with Crippen LogP contribution in [0.15, 0.2) is 47.6 Å². The molecule has 0 spiro atoms. The van der Waals surface area contributed by atoms with Crippen LogP contribution in [0.3, 0.4) is 0 Å². The van der Waals surface area contributed by atoms with E-state index in [0.717, 1.165) is 5.69 Å². The van der Waals surface area contributed by atoms with Crippen LogP contribution >= 0.6 is 0 Å². The Hall–Kier alpha value is -2.63. The summed E-state index contributed by atoms with van der Waals surface area (Å²) in [4.78, 5) is 10.6. The lowest BCUT2D eigenvalue weighted by molar-refractivity contribution is 0.478. The van der Waals surface area contributed by atoms with Crippen LogP contribution in [-0.4, -0.2) is 28.9 Å². The highest BCUT2D eigenvalue weighted by atomic mass is 19.1. The number of aliphatic imine (C=N–C) groups is 1. The smallest absolute Gasteiger partial charge is 0.191 e. The topological polar surface area (TPSA) is 63.7 Å². The highest BCUT2D eigenvalue weighted by Crippen LogP contribution is 2.25. The molecular formula is C17H19FN4O. The molecule has 23 heavy (non-hydrogen) atoms. The van der Waals surface area contributed by atoms with Crippen LogP contribution in [0.1, 0.15) is 18.5 Å². The number of ether oxygens (including phenoxy) is 1. The average Bonchev–Trinajstić information content (AvgIpc) is 3.39. The number of aromatic nitrogens is 1. The van der Waals surface area contributed by atoms with Gasteiger partial charge in [-0.05, 0) is 43.2 Å². The number of halogens is 1. The van der Waals surface area contributed by atoms with Crippen LogP contribution in [-0.2, 0) is 6.54 Å². The van der Waals surface area contributed by atoms with Crippen molar-refractivity contribution in [3.05, 3.63) is 54.1 Å². The lowest BCUT2D eigenvalue weighted by Gasteiger charge is -2.16. The molecule has 0 radical (unpaired) electrons. The minimum absolute atomic E-state index is 0.294. The highest BCUT2D eigenvalue weighted by Gasteiger charge is 2.27. The van der Waals surface area contributed by atoms with E-state index in [9.17, 15) is 4.39 Å². The fourth-order valence-corrected chi connectivity index (χ4v) is 2.17. The number of nitrogens with zero attached hydrogens (tertiary/aromatic N) is 3. The van der Waals surface area contributed by atoms with Gasteiger partial charge in [-0.25, -0.2) is 9.38 Å². The van der Waals surface area contributed by atoms with Gasteiger partial charge in [-0.3, -0.25) is 4.98 Å². The molecule has 1 aromatic heterocycles. The Kier molecular flexibility index (Phi) is 4.41. The third-order valence-corrected chi connectivity index (χ3v) is 3.70. The van der Waals surface area contributed by atoms with Gasteiger partial charge >= 0.3 is 0 Å². The summed E-state index contributed by atoms with van der Waals surface area (Å²) < 4.78 is 18.6. The minimum atomic E-state index is -0.294. The molecule has 120 valence electrons. The Labute approximate surface area is 134 Å². The summed E-state index contributed by atoms with van der Waals surface area (Å²) in [6.45, 7) is 0.392. The molecule has 6 heteroatoms. The number of hydrogen-bond donors (Lipinski definition) is 1. The third kappa shape index (κ3) is 4.18. The Bertz CT molecular complexity index is 698. The lowest BCUT2D eigenvalue weighted by atomic mass is 10.3. The summed E-state index contributed by atoms with van der Waals surface area (Å²) in [5.41, 5.74) is 6.72. The molecule has 0 aliphatic heterocycles. The van der Waals surface area contributed by atoms with Gasteiger partial charge in [-0.15, -0.1) is 0 Å². The summed E-state index contributed by atoms with van der Waals surface area (Å²) in [5, 5.41) is 0. The maximum Gasteiger partial charge on any atom is 0.191 e. The molecule has 1 aliphatic rings. The monoisotopic (exact) mass is 314 g/mol. The van der Waals surface area contributed by atoms with Crippen molar-refractivity contribution in [2.75, 3.05) is 7.05 Å². The number of rotatable bonds is 5. The minimum Gasteiger partial charge on any atom is -0.457 e. The zero-order valence-corrected chi connectivity index (χ0v) is 12.9. The van der Waals surface area contributed by atoms with E-state index in [1.807, 2.05) is 11.9 Å². The highest BCUT2D eigenvalue weighted by molar-refractivity contribution is 5.78. The van der Waals surface area contributed by atoms with Crippen molar-refractivity contribution in [2.45, 2.75) is 25.4 Å². The van der Waals surface area contributed by atoms with Gasteiger partial charge in [0.25, 0.3) is 0 Å². The summed E-state index contributed by atoms with van der Waals surface area (Å²) in [7, 11) is 1.96. The second-order valence-electron chi connectivity index (χ2n) is 5.56. The van der Waals surface area contributed by atoms with Crippen molar-refractivity contribution < 1.29 is 9.13 Å². The van der Waals surface area contributed by atoms with Gasteiger partial charge in [-0.1, -0.05) is 0 Å². The van der Waals surface area contributed by atoms with Crippen molar-refractivity contribution in [3.8, 4) is 11.5 Å². The van der Waals surface area contributed by atoms with Crippen LogP contribution in [0.5, 0.6) is 11.5 Å². The van der Waals surface area contributed by atoms with Gasteiger partial charge in [0.05, 0.1) is 12.2 Å². The van der Waals surface area contributed by atoms with E-state index < -0.39 is 0 Å². The molecule has 1 fully saturated rings. The molecule has 1 aromatic carbocycles. The van der Waals surface area contributed by atoms with Gasteiger partial charge in [0.15, 0.2) is 5.96 Å². The first kappa shape index (κ1) is 15.3. The molecule has 0 amide bonds. The van der Waals surface area contributed by atoms with E-state index in [4.69, 9.17) is 10.5 Å². The molecular weight excluding hydrogens is 295 g/mol. The molecule has 1 heterocycles. The molecule has 5 nitrogen and oxygen atoms in total. The Morgan fingerprint density at radius 3 is 2.74 bits per heavy atom. The van der Waals surface area contributed by atoms with Crippen LogP contribution < -0.4 is 10.5 Å². The maximum atomic E-state index is 12.9. The Morgan fingerprint density at radius 1 is 1.30 bits per heavy atom. The Morgan fingerprint density at radius 2 is 2.04 bits per heavy atom. The molecule has 0 bridgehead atoms. The number of hydrogen-bond acceptors (Lipinski definition) is 3. The van der Waals surface area contributed by atoms with E-state index in [1.54, 1.807) is 30.5 Å². The van der Waals surface area contributed by atoms with E-state index in [0.29, 0.717) is 30.0 Å². The maximum absolute atomic E-state index is 12.9. The standard InChI is InChI=1S/C17H19FN4O/c1-22(14-4-5-14)17(19)21-11-13-10-16(8-9-20-13)23-15-6-2-12(18)3-7-15/h2-3,6-10,14H,4-5,11H2,1H3,(H2,19,21). The molecule has 1 aliphatic carbocycles. The molecule has 2 aromatic rings. The summed E-state index contributed by atoms with van der Waals surface area (Å²) >= 11 is 0. The summed E-state index contributed by atoms with van der Waals surface area (Å²) in [5.74, 6) is 1.43. The van der Waals surface area contributed by atoms with Gasteiger partial charge in [-0.2, -0.15) is 0 Å². The summed E-state index contributed by atoms with van der Waals surface area (Å²) in [6, 6.07) is 9.95. The normalized spacial score (nSPS) is 14.6. The van der Waals surface area contributed by atoms with Crippen molar-refractivity contribution in [3.63, 3.8) is 0 Å². The molecule has 1 saturated carbocycles. The lowest BCUT2D eigenvalue weighted by Crippen LogP contribution is -2.35. The van der Waals surface area contributed by atoms with Crippen LogP contribution in [0.2, 0.25) is 0 Å². The van der Waals surface area contributed by atoms with Crippen molar-refractivity contribution in [1.82, 2.24) is 9.88 Å². The van der Waals surface area contributed by atoms with Crippen LogP contribution in [0, 0.1) is 5.82 Å². The third-order valence-electron chi connectivity index (χ3n) is 3.70. The number of guanidine groups is 1. The molecule has 2 N–H and O–H groups in total. The second kappa shape index (κ2) is 6.64. The first-order valence-electron chi connectivity index (χ1n) is 7.53.